The Morgan fingerprint density at radius 3 is 2.48 bits per heavy atom. The number of carbonyl (C=O) groups excluding carboxylic acids is 1. The van der Waals surface area contributed by atoms with Crippen molar-refractivity contribution < 1.29 is 9.90 Å². The summed E-state index contributed by atoms with van der Waals surface area (Å²) in [5, 5.41) is 18.9. The molecule has 8 heteroatoms. The van der Waals surface area contributed by atoms with Gasteiger partial charge < -0.3 is 21.1 Å². The Hall–Kier alpha value is -1.81. The second-order valence-corrected chi connectivity index (χ2v) is 7.22. The molecule has 0 aromatic heterocycles. The minimum Gasteiger partial charge on any atom is -0.508 e. The summed E-state index contributed by atoms with van der Waals surface area (Å²) in [6.07, 6.45) is 2.16. The fourth-order valence-electron chi connectivity index (χ4n) is 3.18. The lowest BCUT2D eigenvalue weighted by molar-refractivity contribution is 0.0955. The first-order chi connectivity index (χ1) is 13.5. The smallest absolute Gasteiger partial charge is 0.251 e. The zero-order valence-electron chi connectivity index (χ0n) is 17.4. The zero-order valence-corrected chi connectivity index (χ0v) is 19.7. The normalized spacial score (nSPS) is 15.3. The highest BCUT2D eigenvalue weighted by Crippen LogP contribution is 2.11. The number of hydrogen-bond donors (Lipinski definition) is 4. The third kappa shape index (κ3) is 9.49. The number of hydrogen-bond acceptors (Lipinski definition) is 4. The highest BCUT2D eigenvalue weighted by molar-refractivity contribution is 14.0. The molecule has 1 amide bonds. The van der Waals surface area contributed by atoms with Gasteiger partial charge in [-0.1, -0.05) is 12.2 Å². The number of phenolic OH excluding ortho intramolecular Hbond substituents is 1. The third-order valence-electron chi connectivity index (χ3n) is 4.56. The van der Waals surface area contributed by atoms with Crippen LogP contribution < -0.4 is 16.0 Å². The molecule has 0 saturated carbocycles. The van der Waals surface area contributed by atoms with Crippen LogP contribution in [0.2, 0.25) is 0 Å². The molecule has 4 N–H and O–H groups in total. The number of halogens is 1. The lowest BCUT2D eigenvalue weighted by atomic mass is 10.0. The number of piperidine rings is 1. The molecule has 1 fully saturated rings. The number of likely N-dealkylation sites (tertiary alicyclic amines) is 1. The van der Waals surface area contributed by atoms with Crippen LogP contribution in [-0.4, -0.2) is 67.2 Å². The lowest BCUT2D eigenvalue weighted by Gasteiger charge is -2.33. The van der Waals surface area contributed by atoms with E-state index in [4.69, 9.17) is 0 Å². The van der Waals surface area contributed by atoms with Crippen molar-refractivity contribution in [2.45, 2.75) is 32.7 Å². The first-order valence-corrected chi connectivity index (χ1v) is 9.96. The highest BCUT2D eigenvalue weighted by atomic mass is 127. The minimum atomic E-state index is -0.168. The SMILES string of the molecule is C=C(C)CN1CCC(NC(=NCCNC(=O)c2ccc(O)cc2)NCC)CC1.I. The van der Waals surface area contributed by atoms with Gasteiger partial charge in [-0.15, -0.1) is 24.0 Å². The van der Waals surface area contributed by atoms with Gasteiger partial charge in [-0.25, -0.2) is 0 Å². The molecule has 162 valence electrons. The van der Waals surface area contributed by atoms with E-state index in [1.165, 1.54) is 17.7 Å². The molecule has 1 aliphatic heterocycles. The summed E-state index contributed by atoms with van der Waals surface area (Å²) in [5.74, 6) is 0.769. The van der Waals surface area contributed by atoms with Crippen LogP contribution in [0.4, 0.5) is 0 Å². The van der Waals surface area contributed by atoms with Gasteiger partial charge in [0.2, 0.25) is 0 Å². The molecular weight excluding hydrogens is 481 g/mol. The molecule has 2 rings (SSSR count). The maximum absolute atomic E-state index is 12.1. The Morgan fingerprint density at radius 2 is 1.90 bits per heavy atom. The van der Waals surface area contributed by atoms with E-state index in [9.17, 15) is 9.90 Å². The Balaban J connectivity index is 0.00000420. The largest absolute Gasteiger partial charge is 0.508 e. The number of rotatable bonds is 8. The lowest BCUT2D eigenvalue weighted by Crippen LogP contribution is -2.49. The quantitative estimate of drug-likeness (QED) is 0.140. The van der Waals surface area contributed by atoms with Gasteiger partial charge in [-0.05, 0) is 51.0 Å². The number of carbonyl (C=O) groups is 1. The summed E-state index contributed by atoms with van der Waals surface area (Å²) in [6.45, 7) is 12.9. The third-order valence-corrected chi connectivity index (χ3v) is 4.56. The van der Waals surface area contributed by atoms with E-state index >= 15 is 0 Å². The van der Waals surface area contributed by atoms with Gasteiger partial charge in [-0.2, -0.15) is 0 Å². The monoisotopic (exact) mass is 515 g/mol. The number of guanidine groups is 1. The molecule has 1 aromatic carbocycles. The molecule has 0 unspecified atom stereocenters. The molecule has 0 atom stereocenters. The van der Waals surface area contributed by atoms with Crippen LogP contribution in [0.1, 0.15) is 37.0 Å². The van der Waals surface area contributed by atoms with Crippen LogP contribution in [0.25, 0.3) is 0 Å². The summed E-state index contributed by atoms with van der Waals surface area (Å²) < 4.78 is 0. The van der Waals surface area contributed by atoms with E-state index in [2.05, 4.69) is 39.3 Å². The van der Waals surface area contributed by atoms with Crippen LogP contribution in [0.5, 0.6) is 5.75 Å². The van der Waals surface area contributed by atoms with Gasteiger partial charge in [0.05, 0.1) is 6.54 Å². The molecular formula is C21H34IN5O2. The molecule has 0 radical (unpaired) electrons. The van der Waals surface area contributed by atoms with Gasteiger partial charge >= 0.3 is 0 Å². The van der Waals surface area contributed by atoms with Gasteiger partial charge in [0.15, 0.2) is 5.96 Å². The number of aliphatic imine (C=N–C) groups is 1. The fourth-order valence-corrected chi connectivity index (χ4v) is 3.18. The predicted octanol–water partition coefficient (Wildman–Crippen LogP) is 2.34. The van der Waals surface area contributed by atoms with Crippen molar-refractivity contribution in [2.75, 3.05) is 39.3 Å². The molecule has 1 aromatic rings. The highest BCUT2D eigenvalue weighted by Gasteiger charge is 2.19. The Kier molecular flexibility index (Phi) is 11.7. The summed E-state index contributed by atoms with van der Waals surface area (Å²) in [4.78, 5) is 19.1. The fraction of sp³-hybridized carbons (Fsp3) is 0.524. The summed E-state index contributed by atoms with van der Waals surface area (Å²) in [6, 6.07) is 6.61. The number of benzene rings is 1. The summed E-state index contributed by atoms with van der Waals surface area (Å²) in [7, 11) is 0. The van der Waals surface area contributed by atoms with Crippen LogP contribution in [0, 0.1) is 0 Å². The average molecular weight is 515 g/mol. The predicted molar refractivity (Wildman–Crippen MR) is 129 cm³/mol. The van der Waals surface area contributed by atoms with Gasteiger partial charge in [0.25, 0.3) is 5.91 Å². The van der Waals surface area contributed by atoms with E-state index in [1.807, 2.05) is 6.92 Å². The van der Waals surface area contributed by atoms with Crippen molar-refractivity contribution in [3.63, 3.8) is 0 Å². The van der Waals surface area contributed by atoms with Crippen LogP contribution in [0.15, 0.2) is 41.4 Å². The molecule has 7 nitrogen and oxygen atoms in total. The molecule has 0 bridgehead atoms. The van der Waals surface area contributed by atoms with Gasteiger partial charge in [-0.3, -0.25) is 14.7 Å². The Bertz CT molecular complexity index is 670. The van der Waals surface area contributed by atoms with Crippen LogP contribution >= 0.6 is 24.0 Å². The van der Waals surface area contributed by atoms with E-state index in [0.29, 0.717) is 24.7 Å². The molecule has 0 spiro atoms. The average Bonchev–Trinajstić information content (AvgIpc) is 2.67. The number of aromatic hydroxyl groups is 1. The van der Waals surface area contributed by atoms with Crippen molar-refractivity contribution in [1.82, 2.24) is 20.9 Å². The van der Waals surface area contributed by atoms with Gasteiger partial charge in [0.1, 0.15) is 5.75 Å². The van der Waals surface area contributed by atoms with E-state index in [0.717, 1.165) is 45.0 Å². The number of nitrogens with zero attached hydrogens (tertiary/aromatic N) is 2. The van der Waals surface area contributed by atoms with Gasteiger partial charge in [0, 0.05) is 44.3 Å². The second-order valence-electron chi connectivity index (χ2n) is 7.22. The summed E-state index contributed by atoms with van der Waals surface area (Å²) >= 11 is 0. The number of phenols is 1. The van der Waals surface area contributed by atoms with E-state index in [1.54, 1.807) is 12.1 Å². The number of nitrogens with one attached hydrogen (secondary N) is 3. The van der Waals surface area contributed by atoms with E-state index < -0.39 is 0 Å². The standard InChI is InChI=1S/C21H33N5O2.HI/c1-4-22-21(25-18-9-13-26(14-10-18)15-16(2)3)24-12-11-23-20(28)17-5-7-19(27)8-6-17;/h5-8,18,27H,2,4,9-15H2,1,3H3,(H,23,28)(H2,22,24,25);1H. The van der Waals surface area contributed by atoms with Crippen molar-refractivity contribution >= 4 is 35.8 Å². The van der Waals surface area contributed by atoms with Crippen LogP contribution in [-0.2, 0) is 0 Å². The first kappa shape index (κ1) is 25.2. The zero-order chi connectivity index (χ0) is 20.4. The maximum atomic E-state index is 12.1. The van der Waals surface area contributed by atoms with Crippen molar-refractivity contribution in [1.29, 1.82) is 0 Å². The Morgan fingerprint density at radius 1 is 1.24 bits per heavy atom. The maximum Gasteiger partial charge on any atom is 0.251 e. The van der Waals surface area contributed by atoms with Crippen LogP contribution in [0.3, 0.4) is 0 Å². The first-order valence-electron chi connectivity index (χ1n) is 9.96. The summed E-state index contributed by atoms with van der Waals surface area (Å²) in [5.41, 5.74) is 1.73. The molecule has 1 saturated heterocycles. The minimum absolute atomic E-state index is 0. The molecule has 0 aliphatic carbocycles. The van der Waals surface area contributed by atoms with E-state index in [-0.39, 0.29) is 35.6 Å². The topological polar surface area (TPSA) is 89.0 Å². The number of amides is 1. The molecule has 29 heavy (non-hydrogen) atoms. The Labute approximate surface area is 191 Å². The molecule has 1 aliphatic rings. The second kappa shape index (κ2) is 13.4. The molecule has 1 heterocycles. The van der Waals surface area contributed by atoms with Crippen molar-refractivity contribution in [2.24, 2.45) is 4.99 Å². The van der Waals surface area contributed by atoms with Crippen molar-refractivity contribution in [3.8, 4) is 5.75 Å². The van der Waals surface area contributed by atoms with Crippen molar-refractivity contribution in [3.05, 3.63) is 42.0 Å².